The highest BCUT2D eigenvalue weighted by Gasteiger charge is 2.21. The van der Waals surface area contributed by atoms with Crippen LogP contribution < -0.4 is 0 Å². The van der Waals surface area contributed by atoms with Crippen molar-refractivity contribution in [3.8, 4) is 0 Å². The van der Waals surface area contributed by atoms with Crippen molar-refractivity contribution in [2.75, 3.05) is 13.1 Å². The zero-order valence-corrected chi connectivity index (χ0v) is 10.5. The van der Waals surface area contributed by atoms with Crippen molar-refractivity contribution < 1.29 is 9.59 Å². The fourth-order valence-corrected chi connectivity index (χ4v) is 2.32. The van der Waals surface area contributed by atoms with Crippen molar-refractivity contribution in [3.63, 3.8) is 0 Å². The second-order valence-electron chi connectivity index (χ2n) is 4.81. The molecule has 0 spiro atoms. The molecule has 0 saturated carbocycles. The van der Waals surface area contributed by atoms with Gasteiger partial charge in [0.15, 0.2) is 0 Å². The molecule has 3 heteroatoms. The Morgan fingerprint density at radius 1 is 1.44 bits per heavy atom. The first kappa shape index (κ1) is 13.2. The zero-order chi connectivity index (χ0) is 12.0. The molecule has 16 heavy (non-hydrogen) atoms. The van der Waals surface area contributed by atoms with Gasteiger partial charge in [-0.2, -0.15) is 0 Å². The van der Waals surface area contributed by atoms with Gasteiger partial charge in [0.1, 0.15) is 5.78 Å². The van der Waals surface area contributed by atoms with Gasteiger partial charge >= 0.3 is 0 Å². The van der Waals surface area contributed by atoms with Gasteiger partial charge in [0, 0.05) is 25.9 Å². The zero-order valence-electron chi connectivity index (χ0n) is 10.5. The number of hydrogen-bond donors (Lipinski definition) is 0. The standard InChI is InChI=1S/C13H23NO2/c1-3-4-12-5-6-13(16)14(10-8-12)9-7-11(2)15/h12H,3-10H2,1-2H3. The van der Waals surface area contributed by atoms with Crippen molar-refractivity contribution in [2.24, 2.45) is 5.92 Å². The van der Waals surface area contributed by atoms with Crippen molar-refractivity contribution in [2.45, 2.75) is 52.4 Å². The normalized spacial score (nSPS) is 22.0. The molecule has 1 unspecified atom stereocenters. The second kappa shape index (κ2) is 6.66. The predicted molar refractivity (Wildman–Crippen MR) is 64.1 cm³/mol. The van der Waals surface area contributed by atoms with E-state index in [4.69, 9.17) is 0 Å². The maximum Gasteiger partial charge on any atom is 0.222 e. The molecule has 1 aliphatic heterocycles. The summed E-state index contributed by atoms with van der Waals surface area (Å²) in [4.78, 5) is 24.6. The minimum absolute atomic E-state index is 0.169. The lowest BCUT2D eigenvalue weighted by Crippen LogP contribution is -2.32. The van der Waals surface area contributed by atoms with Gasteiger partial charge in [0.05, 0.1) is 0 Å². The third-order valence-electron chi connectivity index (χ3n) is 3.36. The highest BCUT2D eigenvalue weighted by Crippen LogP contribution is 2.22. The molecule has 1 atom stereocenters. The van der Waals surface area contributed by atoms with Crippen LogP contribution in [0.4, 0.5) is 0 Å². The van der Waals surface area contributed by atoms with Crippen LogP contribution in [-0.4, -0.2) is 29.7 Å². The van der Waals surface area contributed by atoms with Crippen LogP contribution in [0.1, 0.15) is 52.4 Å². The smallest absolute Gasteiger partial charge is 0.222 e. The lowest BCUT2D eigenvalue weighted by Gasteiger charge is -2.20. The van der Waals surface area contributed by atoms with E-state index < -0.39 is 0 Å². The quantitative estimate of drug-likeness (QED) is 0.720. The molecule has 3 nitrogen and oxygen atoms in total. The molecule has 1 heterocycles. The van der Waals surface area contributed by atoms with E-state index in [-0.39, 0.29) is 11.7 Å². The molecule has 0 aromatic heterocycles. The fraction of sp³-hybridized carbons (Fsp3) is 0.846. The summed E-state index contributed by atoms with van der Waals surface area (Å²) >= 11 is 0. The Balaban J connectivity index is 2.41. The van der Waals surface area contributed by atoms with E-state index >= 15 is 0 Å². The van der Waals surface area contributed by atoms with E-state index in [2.05, 4.69) is 6.92 Å². The van der Waals surface area contributed by atoms with E-state index in [1.54, 1.807) is 6.92 Å². The minimum Gasteiger partial charge on any atom is -0.342 e. The Morgan fingerprint density at radius 3 is 2.81 bits per heavy atom. The first-order valence-corrected chi connectivity index (χ1v) is 6.40. The molecule has 0 aliphatic carbocycles. The lowest BCUT2D eigenvalue weighted by molar-refractivity contribution is -0.131. The maximum atomic E-state index is 11.8. The second-order valence-corrected chi connectivity index (χ2v) is 4.81. The number of nitrogens with zero attached hydrogens (tertiary/aromatic N) is 1. The van der Waals surface area contributed by atoms with Gasteiger partial charge in [-0.25, -0.2) is 0 Å². The van der Waals surface area contributed by atoms with Crippen LogP contribution in [0.3, 0.4) is 0 Å². The maximum absolute atomic E-state index is 11.8. The van der Waals surface area contributed by atoms with Gasteiger partial charge in [0.25, 0.3) is 0 Å². The molecule has 0 radical (unpaired) electrons. The van der Waals surface area contributed by atoms with E-state index in [9.17, 15) is 9.59 Å². The summed E-state index contributed by atoms with van der Waals surface area (Å²) in [5.74, 6) is 1.11. The molecule has 1 saturated heterocycles. The molecule has 0 aromatic carbocycles. The van der Waals surface area contributed by atoms with Crippen molar-refractivity contribution in [1.82, 2.24) is 4.90 Å². The Morgan fingerprint density at radius 2 is 2.19 bits per heavy atom. The van der Waals surface area contributed by atoms with Crippen LogP contribution in [0.5, 0.6) is 0 Å². The molecule has 92 valence electrons. The van der Waals surface area contributed by atoms with E-state index in [1.807, 2.05) is 4.90 Å². The van der Waals surface area contributed by atoms with Crippen LogP contribution in [-0.2, 0) is 9.59 Å². The van der Waals surface area contributed by atoms with Gasteiger partial charge in [-0.1, -0.05) is 19.8 Å². The first-order valence-electron chi connectivity index (χ1n) is 6.40. The van der Waals surface area contributed by atoms with E-state index in [0.29, 0.717) is 25.3 Å². The van der Waals surface area contributed by atoms with Gasteiger partial charge in [-0.15, -0.1) is 0 Å². The minimum atomic E-state index is 0.169. The van der Waals surface area contributed by atoms with Crippen LogP contribution in [0.2, 0.25) is 0 Å². The Kier molecular flexibility index (Phi) is 5.50. The first-order chi connectivity index (χ1) is 7.63. The van der Waals surface area contributed by atoms with Crippen molar-refractivity contribution >= 4 is 11.7 Å². The molecule has 1 fully saturated rings. The number of likely N-dealkylation sites (tertiary alicyclic amines) is 1. The van der Waals surface area contributed by atoms with Gasteiger partial charge in [-0.3, -0.25) is 9.59 Å². The molecule has 0 aromatic rings. The summed E-state index contributed by atoms with van der Waals surface area (Å²) in [6.45, 7) is 5.24. The Hall–Kier alpha value is -0.860. The number of amides is 1. The molecule has 0 N–H and O–H groups in total. The number of ketones is 1. The lowest BCUT2D eigenvalue weighted by atomic mass is 9.96. The topological polar surface area (TPSA) is 37.4 Å². The molecule has 1 amide bonds. The monoisotopic (exact) mass is 225 g/mol. The molecular formula is C13H23NO2. The van der Waals surface area contributed by atoms with Gasteiger partial charge in [-0.05, 0) is 25.7 Å². The number of carbonyl (C=O) groups excluding carboxylic acids is 2. The van der Waals surface area contributed by atoms with Gasteiger partial charge in [0.2, 0.25) is 5.91 Å². The average molecular weight is 225 g/mol. The van der Waals surface area contributed by atoms with Gasteiger partial charge < -0.3 is 4.90 Å². The SMILES string of the molecule is CCCC1CCC(=O)N(CCC(C)=O)CC1. The summed E-state index contributed by atoms with van der Waals surface area (Å²) in [5, 5.41) is 0. The van der Waals surface area contributed by atoms with Crippen LogP contribution >= 0.6 is 0 Å². The fourth-order valence-electron chi connectivity index (χ4n) is 2.32. The summed E-state index contributed by atoms with van der Waals surface area (Å²) in [7, 11) is 0. The number of hydrogen-bond acceptors (Lipinski definition) is 2. The van der Waals surface area contributed by atoms with E-state index in [1.165, 1.54) is 12.8 Å². The predicted octanol–water partition coefficient (Wildman–Crippen LogP) is 2.39. The van der Waals surface area contributed by atoms with Crippen molar-refractivity contribution in [1.29, 1.82) is 0 Å². The summed E-state index contributed by atoms with van der Waals surface area (Å²) in [6.07, 6.45) is 5.74. The summed E-state index contributed by atoms with van der Waals surface area (Å²) in [5.41, 5.74) is 0. The highest BCUT2D eigenvalue weighted by atomic mass is 16.2. The third-order valence-corrected chi connectivity index (χ3v) is 3.36. The molecule has 0 bridgehead atoms. The average Bonchev–Trinajstić information content (AvgIpc) is 2.40. The number of Topliss-reactive ketones (excluding diaryl/α,β-unsaturated/α-hetero) is 1. The largest absolute Gasteiger partial charge is 0.342 e. The van der Waals surface area contributed by atoms with Crippen LogP contribution in [0.25, 0.3) is 0 Å². The van der Waals surface area contributed by atoms with Crippen LogP contribution in [0, 0.1) is 5.92 Å². The number of rotatable bonds is 5. The molecular weight excluding hydrogens is 202 g/mol. The summed E-state index contributed by atoms with van der Waals surface area (Å²) in [6, 6.07) is 0. The third kappa shape index (κ3) is 4.33. The Labute approximate surface area is 98.2 Å². The van der Waals surface area contributed by atoms with Crippen molar-refractivity contribution in [3.05, 3.63) is 0 Å². The van der Waals surface area contributed by atoms with Crippen LogP contribution in [0.15, 0.2) is 0 Å². The van der Waals surface area contributed by atoms with E-state index in [0.717, 1.165) is 19.4 Å². The highest BCUT2D eigenvalue weighted by molar-refractivity contribution is 5.79. The number of carbonyl (C=O) groups is 2. The molecule has 1 rings (SSSR count). The summed E-state index contributed by atoms with van der Waals surface area (Å²) < 4.78 is 0. The molecule has 1 aliphatic rings. The Bertz CT molecular complexity index is 250.